The second-order valence-electron chi connectivity index (χ2n) is 6.42. The zero-order chi connectivity index (χ0) is 16.8. The SMILES string of the molecule is COc1ccc(C)cc1S(=O)(=O)N1CC(C(=O)O)C(C2CC2)C1. The minimum Gasteiger partial charge on any atom is -0.495 e. The number of benzene rings is 1. The van der Waals surface area contributed by atoms with E-state index in [1.165, 1.54) is 11.4 Å². The molecule has 1 saturated heterocycles. The normalized spacial score (nSPS) is 25.5. The Morgan fingerprint density at radius 1 is 1.30 bits per heavy atom. The minimum atomic E-state index is -3.76. The highest BCUT2D eigenvalue weighted by molar-refractivity contribution is 7.89. The van der Waals surface area contributed by atoms with Gasteiger partial charge in [-0.25, -0.2) is 8.42 Å². The van der Waals surface area contributed by atoms with Crippen molar-refractivity contribution in [3.05, 3.63) is 23.8 Å². The highest BCUT2D eigenvalue weighted by atomic mass is 32.2. The van der Waals surface area contributed by atoms with Crippen molar-refractivity contribution in [1.29, 1.82) is 0 Å². The minimum absolute atomic E-state index is 0.0376. The van der Waals surface area contributed by atoms with Crippen LogP contribution in [-0.4, -0.2) is 44.0 Å². The van der Waals surface area contributed by atoms with E-state index in [4.69, 9.17) is 4.74 Å². The standard InChI is InChI=1S/C16H21NO5S/c1-10-3-6-14(22-2)15(7-10)23(20,21)17-8-12(11-4-5-11)13(9-17)16(18)19/h3,6-7,11-13H,4-5,8-9H2,1-2H3,(H,18,19). The Hall–Kier alpha value is -1.60. The molecule has 0 bridgehead atoms. The second kappa shape index (κ2) is 5.79. The van der Waals surface area contributed by atoms with E-state index in [1.54, 1.807) is 18.2 Å². The number of carboxylic acids is 1. The zero-order valence-electron chi connectivity index (χ0n) is 13.2. The molecule has 0 radical (unpaired) electrons. The maximum atomic E-state index is 13.0. The summed E-state index contributed by atoms with van der Waals surface area (Å²) in [4.78, 5) is 11.6. The van der Waals surface area contributed by atoms with Crippen LogP contribution in [0.4, 0.5) is 0 Å². The number of nitrogens with zero attached hydrogens (tertiary/aromatic N) is 1. The number of methoxy groups -OCH3 is 1. The van der Waals surface area contributed by atoms with Crippen LogP contribution in [-0.2, 0) is 14.8 Å². The van der Waals surface area contributed by atoms with Gasteiger partial charge in [-0.05, 0) is 49.3 Å². The number of aliphatic carboxylic acids is 1. The molecule has 2 fully saturated rings. The maximum Gasteiger partial charge on any atom is 0.308 e. The van der Waals surface area contributed by atoms with E-state index in [1.807, 2.05) is 6.92 Å². The summed E-state index contributed by atoms with van der Waals surface area (Å²) in [5.41, 5.74) is 0.817. The fraction of sp³-hybridized carbons (Fsp3) is 0.562. The van der Waals surface area contributed by atoms with Crippen LogP contribution in [0.15, 0.2) is 23.1 Å². The number of hydrogen-bond donors (Lipinski definition) is 1. The first-order valence-corrected chi connectivity index (χ1v) is 9.16. The lowest BCUT2D eigenvalue weighted by molar-refractivity contribution is -0.142. The lowest BCUT2D eigenvalue weighted by Gasteiger charge is -2.18. The van der Waals surface area contributed by atoms with Gasteiger partial charge in [-0.2, -0.15) is 4.31 Å². The van der Waals surface area contributed by atoms with Gasteiger partial charge in [0.2, 0.25) is 10.0 Å². The van der Waals surface area contributed by atoms with Gasteiger partial charge in [0.25, 0.3) is 0 Å². The first-order valence-electron chi connectivity index (χ1n) is 7.72. The van der Waals surface area contributed by atoms with E-state index < -0.39 is 21.9 Å². The van der Waals surface area contributed by atoms with Crippen LogP contribution < -0.4 is 4.74 Å². The predicted octanol–water partition coefficient (Wildman–Crippen LogP) is 1.73. The monoisotopic (exact) mass is 339 g/mol. The Morgan fingerprint density at radius 2 is 2.00 bits per heavy atom. The van der Waals surface area contributed by atoms with Crippen molar-refractivity contribution in [2.75, 3.05) is 20.2 Å². The van der Waals surface area contributed by atoms with Crippen molar-refractivity contribution >= 4 is 16.0 Å². The lowest BCUT2D eigenvalue weighted by Crippen LogP contribution is -2.30. The zero-order valence-corrected chi connectivity index (χ0v) is 14.0. The maximum absolute atomic E-state index is 13.0. The van der Waals surface area contributed by atoms with Gasteiger partial charge in [0, 0.05) is 13.1 Å². The molecule has 2 atom stereocenters. The van der Waals surface area contributed by atoms with Crippen LogP contribution >= 0.6 is 0 Å². The van der Waals surface area contributed by atoms with E-state index in [9.17, 15) is 18.3 Å². The predicted molar refractivity (Wildman–Crippen MR) is 83.8 cm³/mol. The van der Waals surface area contributed by atoms with Crippen LogP contribution in [0.1, 0.15) is 18.4 Å². The summed E-state index contributed by atoms with van der Waals surface area (Å²) in [5.74, 6) is -0.977. The van der Waals surface area contributed by atoms with E-state index in [-0.39, 0.29) is 29.7 Å². The Morgan fingerprint density at radius 3 is 2.57 bits per heavy atom. The topological polar surface area (TPSA) is 83.9 Å². The van der Waals surface area contributed by atoms with Gasteiger partial charge >= 0.3 is 5.97 Å². The van der Waals surface area contributed by atoms with Gasteiger partial charge in [-0.15, -0.1) is 0 Å². The number of rotatable bonds is 5. The second-order valence-corrected chi connectivity index (χ2v) is 8.33. The summed E-state index contributed by atoms with van der Waals surface area (Å²) in [6.07, 6.45) is 1.99. The summed E-state index contributed by atoms with van der Waals surface area (Å²) >= 11 is 0. The molecule has 7 heteroatoms. The third kappa shape index (κ3) is 2.95. The number of sulfonamides is 1. The van der Waals surface area contributed by atoms with E-state index >= 15 is 0 Å². The van der Waals surface area contributed by atoms with Gasteiger partial charge in [0.15, 0.2) is 0 Å². The van der Waals surface area contributed by atoms with Gasteiger partial charge in [-0.3, -0.25) is 4.79 Å². The fourth-order valence-corrected chi connectivity index (χ4v) is 5.12. The number of ether oxygens (including phenoxy) is 1. The Balaban J connectivity index is 1.94. The van der Waals surface area contributed by atoms with E-state index in [2.05, 4.69) is 0 Å². The summed E-state index contributed by atoms with van der Waals surface area (Å²) in [5, 5.41) is 9.41. The van der Waals surface area contributed by atoms with Crippen LogP contribution in [0.2, 0.25) is 0 Å². The summed E-state index contributed by atoms with van der Waals surface area (Å²) in [6, 6.07) is 4.99. The van der Waals surface area contributed by atoms with Crippen molar-refractivity contribution in [2.24, 2.45) is 17.8 Å². The van der Waals surface area contributed by atoms with Gasteiger partial charge < -0.3 is 9.84 Å². The summed E-state index contributed by atoms with van der Waals surface area (Å²) < 4.78 is 32.4. The first kappa shape index (κ1) is 16.3. The number of hydrogen-bond acceptors (Lipinski definition) is 4. The lowest BCUT2D eigenvalue weighted by atomic mass is 9.92. The van der Waals surface area contributed by atoms with Crippen LogP contribution in [0.25, 0.3) is 0 Å². The van der Waals surface area contributed by atoms with Crippen LogP contribution in [0.3, 0.4) is 0 Å². The number of carboxylic acid groups (broad SMARTS) is 1. The number of carbonyl (C=O) groups is 1. The average molecular weight is 339 g/mol. The molecule has 1 aliphatic heterocycles. The summed E-state index contributed by atoms with van der Waals surface area (Å²) in [6.45, 7) is 2.13. The summed E-state index contributed by atoms with van der Waals surface area (Å²) in [7, 11) is -2.33. The Bertz CT molecular complexity index is 726. The van der Waals surface area contributed by atoms with Gasteiger partial charge in [-0.1, -0.05) is 6.07 Å². The van der Waals surface area contributed by atoms with E-state index in [0.29, 0.717) is 5.92 Å². The third-order valence-corrected chi connectivity index (χ3v) is 6.67. The first-order chi connectivity index (χ1) is 10.8. The molecule has 1 N–H and O–H groups in total. The van der Waals surface area contributed by atoms with E-state index in [0.717, 1.165) is 18.4 Å². The molecule has 3 rings (SSSR count). The fourth-order valence-electron chi connectivity index (χ4n) is 3.38. The van der Waals surface area contributed by atoms with Crippen molar-refractivity contribution in [1.82, 2.24) is 4.31 Å². The van der Waals surface area contributed by atoms with Gasteiger partial charge in [0.05, 0.1) is 13.0 Å². The molecule has 1 heterocycles. The molecule has 2 unspecified atom stereocenters. The molecule has 1 aliphatic carbocycles. The van der Waals surface area contributed by atoms with Crippen molar-refractivity contribution in [3.63, 3.8) is 0 Å². The molecule has 1 aromatic carbocycles. The molecule has 0 aromatic heterocycles. The molecular formula is C16H21NO5S. The molecular weight excluding hydrogens is 318 g/mol. The largest absolute Gasteiger partial charge is 0.495 e. The third-order valence-electron chi connectivity index (χ3n) is 4.81. The van der Waals surface area contributed by atoms with Gasteiger partial charge in [0.1, 0.15) is 10.6 Å². The molecule has 1 saturated carbocycles. The number of aryl methyl sites for hydroxylation is 1. The highest BCUT2D eigenvalue weighted by Crippen LogP contribution is 2.45. The smallest absolute Gasteiger partial charge is 0.308 e. The molecule has 0 spiro atoms. The quantitative estimate of drug-likeness (QED) is 0.883. The molecule has 2 aliphatic rings. The molecule has 126 valence electrons. The van der Waals surface area contributed by atoms with Crippen LogP contribution in [0, 0.1) is 24.7 Å². The Kier molecular flexibility index (Phi) is 4.10. The molecule has 1 aromatic rings. The average Bonchev–Trinajstić information content (AvgIpc) is 3.24. The molecule has 6 nitrogen and oxygen atoms in total. The highest BCUT2D eigenvalue weighted by Gasteiger charge is 2.49. The molecule has 23 heavy (non-hydrogen) atoms. The van der Waals surface area contributed by atoms with Crippen LogP contribution in [0.5, 0.6) is 5.75 Å². The Labute approximate surface area is 136 Å². The van der Waals surface area contributed by atoms with Crippen molar-refractivity contribution < 1.29 is 23.1 Å². The van der Waals surface area contributed by atoms with Crippen molar-refractivity contribution in [2.45, 2.75) is 24.7 Å². The van der Waals surface area contributed by atoms with Crippen molar-refractivity contribution in [3.8, 4) is 5.75 Å². The molecule has 0 amide bonds.